The smallest absolute Gasteiger partial charge is 0.273 e. The number of carbonyl (C=O) groups excluding carboxylic acids is 1. The topological polar surface area (TPSA) is 88.6 Å². The highest BCUT2D eigenvalue weighted by atomic mass is 32.2. The summed E-state index contributed by atoms with van der Waals surface area (Å²) in [5, 5.41) is 1.76. The minimum absolute atomic E-state index is 0.0490. The van der Waals surface area contributed by atoms with Crippen molar-refractivity contribution in [2.45, 2.75) is 25.4 Å². The van der Waals surface area contributed by atoms with Crippen LogP contribution in [0.4, 0.5) is 0 Å². The number of hydrogen-bond acceptors (Lipinski definition) is 6. The largest absolute Gasteiger partial charge is 0.377 e. The van der Waals surface area contributed by atoms with E-state index in [1.807, 2.05) is 4.90 Å². The molecule has 1 aromatic heterocycles. The van der Waals surface area contributed by atoms with Gasteiger partial charge < -0.3 is 9.64 Å². The van der Waals surface area contributed by atoms with Crippen LogP contribution in [0.2, 0.25) is 0 Å². The van der Waals surface area contributed by atoms with Crippen molar-refractivity contribution >= 4 is 27.3 Å². The molecular weight excluding hydrogens is 338 g/mol. The standard InChI is InChI=1S/C14H21N3O4S2/c1-23(19,20)16-5-3-14-4-7-21-12(14)2-6-17(9-14)13(18)11-8-22-10-15-11/h8,10,12,16H,2-7,9H2,1H3/t12-,14+/m0/s1. The zero-order valence-corrected chi connectivity index (χ0v) is 14.7. The van der Waals surface area contributed by atoms with E-state index in [0.717, 1.165) is 19.1 Å². The Morgan fingerprint density at radius 2 is 2.43 bits per heavy atom. The molecule has 1 aromatic rings. The van der Waals surface area contributed by atoms with E-state index in [2.05, 4.69) is 9.71 Å². The van der Waals surface area contributed by atoms with E-state index in [4.69, 9.17) is 4.74 Å². The number of hydrogen-bond donors (Lipinski definition) is 1. The number of nitrogens with one attached hydrogen (secondary N) is 1. The summed E-state index contributed by atoms with van der Waals surface area (Å²) in [6.07, 6.45) is 3.57. The molecule has 0 bridgehead atoms. The van der Waals surface area contributed by atoms with Gasteiger partial charge in [-0.2, -0.15) is 0 Å². The molecule has 3 rings (SSSR count). The molecular formula is C14H21N3O4S2. The molecule has 7 nitrogen and oxygen atoms in total. The van der Waals surface area contributed by atoms with Crippen molar-refractivity contribution in [2.75, 3.05) is 32.5 Å². The Morgan fingerprint density at radius 3 is 3.13 bits per heavy atom. The van der Waals surface area contributed by atoms with E-state index in [9.17, 15) is 13.2 Å². The quantitative estimate of drug-likeness (QED) is 0.836. The first-order chi connectivity index (χ1) is 10.9. The molecule has 23 heavy (non-hydrogen) atoms. The summed E-state index contributed by atoms with van der Waals surface area (Å²) in [6, 6.07) is 0. The van der Waals surface area contributed by atoms with Crippen LogP contribution in [-0.2, 0) is 14.8 Å². The third-order valence-electron chi connectivity index (χ3n) is 4.69. The van der Waals surface area contributed by atoms with Crippen LogP contribution < -0.4 is 4.72 Å². The average Bonchev–Trinajstić information content (AvgIpc) is 3.14. The van der Waals surface area contributed by atoms with E-state index < -0.39 is 10.0 Å². The van der Waals surface area contributed by atoms with Crippen LogP contribution >= 0.6 is 11.3 Å². The molecule has 0 saturated carbocycles. The minimum atomic E-state index is -3.20. The zero-order valence-electron chi connectivity index (χ0n) is 13.0. The lowest BCUT2D eigenvalue weighted by molar-refractivity contribution is -0.0159. The number of rotatable bonds is 5. The molecule has 2 aliphatic rings. The van der Waals surface area contributed by atoms with Gasteiger partial charge in [-0.25, -0.2) is 18.1 Å². The first-order valence-corrected chi connectivity index (χ1v) is 10.5. The van der Waals surface area contributed by atoms with Crippen LogP contribution in [0.1, 0.15) is 29.8 Å². The number of ether oxygens (including phenoxy) is 1. The molecule has 9 heteroatoms. The Kier molecular flexibility index (Phi) is 4.73. The highest BCUT2D eigenvalue weighted by molar-refractivity contribution is 7.88. The highest BCUT2D eigenvalue weighted by Crippen LogP contribution is 2.43. The predicted octanol–water partition coefficient (Wildman–Crippen LogP) is 0.704. The summed E-state index contributed by atoms with van der Waals surface area (Å²) in [6.45, 7) is 2.29. The monoisotopic (exact) mass is 359 g/mol. The van der Waals surface area contributed by atoms with Gasteiger partial charge in [-0.05, 0) is 19.3 Å². The SMILES string of the molecule is CS(=O)(=O)NCC[C@]12CCO[C@H]1CCN(C(=O)c1cscn1)C2. The second-order valence-electron chi connectivity index (χ2n) is 6.28. The number of aromatic nitrogens is 1. The zero-order chi connectivity index (χ0) is 16.5. The number of carbonyl (C=O) groups is 1. The molecule has 2 atom stereocenters. The van der Waals surface area contributed by atoms with Gasteiger partial charge in [0.2, 0.25) is 10.0 Å². The van der Waals surface area contributed by atoms with E-state index in [1.54, 1.807) is 10.9 Å². The van der Waals surface area contributed by atoms with Crippen LogP contribution in [0.5, 0.6) is 0 Å². The first-order valence-electron chi connectivity index (χ1n) is 7.63. The van der Waals surface area contributed by atoms with E-state index in [1.165, 1.54) is 11.3 Å². The first kappa shape index (κ1) is 16.8. The summed E-state index contributed by atoms with van der Waals surface area (Å²) in [5.41, 5.74) is 1.98. The normalized spacial score (nSPS) is 27.9. The number of sulfonamides is 1. The third-order valence-corrected chi connectivity index (χ3v) is 6.01. The van der Waals surface area contributed by atoms with Gasteiger partial charge in [-0.15, -0.1) is 11.3 Å². The molecule has 1 amide bonds. The van der Waals surface area contributed by atoms with E-state index in [-0.39, 0.29) is 17.4 Å². The van der Waals surface area contributed by atoms with Crippen molar-refractivity contribution in [1.82, 2.24) is 14.6 Å². The lowest BCUT2D eigenvalue weighted by Gasteiger charge is -2.43. The lowest BCUT2D eigenvalue weighted by atomic mass is 9.74. The maximum Gasteiger partial charge on any atom is 0.273 e. The highest BCUT2D eigenvalue weighted by Gasteiger charge is 2.48. The molecule has 128 valence electrons. The van der Waals surface area contributed by atoms with Crippen molar-refractivity contribution in [3.63, 3.8) is 0 Å². The van der Waals surface area contributed by atoms with Gasteiger partial charge in [0, 0.05) is 37.0 Å². The van der Waals surface area contributed by atoms with Crippen molar-refractivity contribution < 1.29 is 17.9 Å². The molecule has 2 saturated heterocycles. The van der Waals surface area contributed by atoms with Crippen molar-refractivity contribution in [3.05, 3.63) is 16.6 Å². The van der Waals surface area contributed by atoms with Gasteiger partial charge in [0.1, 0.15) is 5.69 Å². The fraction of sp³-hybridized carbons (Fsp3) is 0.714. The van der Waals surface area contributed by atoms with Gasteiger partial charge in [0.05, 0.1) is 17.9 Å². The van der Waals surface area contributed by atoms with Crippen LogP contribution in [0.3, 0.4) is 0 Å². The Bertz CT molecular complexity index is 662. The summed E-state index contributed by atoms with van der Waals surface area (Å²) in [5.74, 6) is -0.0490. The summed E-state index contributed by atoms with van der Waals surface area (Å²) in [4.78, 5) is 18.5. The lowest BCUT2D eigenvalue weighted by Crippen LogP contribution is -2.52. The number of piperidine rings is 1. The Hall–Kier alpha value is -1.03. The number of thiazole rings is 1. The van der Waals surface area contributed by atoms with Crippen LogP contribution in [0.25, 0.3) is 0 Å². The average molecular weight is 359 g/mol. The molecule has 3 heterocycles. The van der Waals surface area contributed by atoms with Gasteiger partial charge in [-0.3, -0.25) is 4.79 Å². The van der Waals surface area contributed by atoms with Crippen molar-refractivity contribution in [1.29, 1.82) is 0 Å². The van der Waals surface area contributed by atoms with E-state index in [0.29, 0.717) is 38.4 Å². The molecule has 2 aliphatic heterocycles. The van der Waals surface area contributed by atoms with Crippen LogP contribution in [0.15, 0.2) is 10.9 Å². The summed E-state index contributed by atoms with van der Waals surface area (Å²) < 4.78 is 30.9. The summed E-state index contributed by atoms with van der Waals surface area (Å²) >= 11 is 1.41. The molecule has 2 fully saturated rings. The number of nitrogens with zero attached hydrogens (tertiary/aromatic N) is 2. The predicted molar refractivity (Wildman–Crippen MR) is 86.9 cm³/mol. The number of fused-ring (bicyclic) bond motifs is 1. The van der Waals surface area contributed by atoms with Gasteiger partial charge in [-0.1, -0.05) is 0 Å². The minimum Gasteiger partial charge on any atom is -0.377 e. The fourth-order valence-corrected chi connectivity index (χ4v) is 4.55. The molecule has 1 N–H and O–H groups in total. The molecule has 0 aliphatic carbocycles. The van der Waals surface area contributed by atoms with Crippen LogP contribution in [-0.4, -0.2) is 62.8 Å². The maximum atomic E-state index is 12.5. The Morgan fingerprint density at radius 1 is 1.61 bits per heavy atom. The van der Waals surface area contributed by atoms with Gasteiger partial charge >= 0.3 is 0 Å². The maximum absolute atomic E-state index is 12.5. The third kappa shape index (κ3) is 3.73. The fourth-order valence-electron chi connectivity index (χ4n) is 3.55. The van der Waals surface area contributed by atoms with Crippen molar-refractivity contribution in [3.8, 4) is 0 Å². The molecule has 0 radical (unpaired) electrons. The summed E-state index contributed by atoms with van der Waals surface area (Å²) in [7, 11) is -3.20. The molecule has 0 spiro atoms. The van der Waals surface area contributed by atoms with Gasteiger partial charge in [0.15, 0.2) is 0 Å². The number of likely N-dealkylation sites (tertiary alicyclic amines) is 1. The second-order valence-corrected chi connectivity index (χ2v) is 8.83. The Labute approximate surface area is 140 Å². The molecule has 0 unspecified atom stereocenters. The second kappa shape index (κ2) is 6.46. The van der Waals surface area contributed by atoms with Gasteiger partial charge in [0.25, 0.3) is 5.91 Å². The molecule has 0 aromatic carbocycles. The van der Waals surface area contributed by atoms with E-state index >= 15 is 0 Å². The van der Waals surface area contributed by atoms with Crippen LogP contribution in [0, 0.1) is 5.41 Å². The Balaban J connectivity index is 1.70. The number of amides is 1. The van der Waals surface area contributed by atoms with Crippen molar-refractivity contribution in [2.24, 2.45) is 5.41 Å².